The molecular weight excluding hydrogens is 358 g/mol. The fraction of sp³-hybridized carbons (Fsp3) is 0.476. The molecule has 5 nitrogen and oxygen atoms in total. The number of benzene rings is 1. The molecule has 1 aromatic heterocycles. The normalized spacial score (nSPS) is 15.7. The number of nitrogens with zero attached hydrogens (tertiary/aromatic N) is 2. The summed E-state index contributed by atoms with van der Waals surface area (Å²) in [4.78, 5) is 25.8. The van der Waals surface area contributed by atoms with Gasteiger partial charge in [-0.2, -0.15) is 5.10 Å². The Morgan fingerprint density at radius 1 is 1.07 bits per heavy atom. The molecule has 144 valence electrons. The Morgan fingerprint density at radius 3 is 2.41 bits per heavy atom. The van der Waals surface area contributed by atoms with E-state index in [2.05, 4.69) is 10.4 Å². The van der Waals surface area contributed by atoms with Gasteiger partial charge in [-0.3, -0.25) is 9.59 Å². The van der Waals surface area contributed by atoms with Crippen LogP contribution in [0.2, 0.25) is 0 Å². The first-order valence-electron chi connectivity index (χ1n) is 9.67. The van der Waals surface area contributed by atoms with E-state index in [0.717, 1.165) is 31.2 Å². The third-order valence-electron chi connectivity index (χ3n) is 5.02. The van der Waals surface area contributed by atoms with Gasteiger partial charge in [-0.05, 0) is 37.3 Å². The molecule has 1 aliphatic carbocycles. The van der Waals surface area contributed by atoms with Gasteiger partial charge in [-0.15, -0.1) is 11.8 Å². The van der Waals surface area contributed by atoms with Crippen molar-refractivity contribution in [2.75, 3.05) is 6.26 Å². The Kier molecular flexibility index (Phi) is 7.10. The second-order valence-electron chi connectivity index (χ2n) is 7.05. The first-order chi connectivity index (χ1) is 13.2. The van der Waals surface area contributed by atoms with Gasteiger partial charge in [0.15, 0.2) is 0 Å². The van der Waals surface area contributed by atoms with Crippen LogP contribution in [0.5, 0.6) is 0 Å². The standard InChI is InChI=1S/C21H27N3O2S/c1-27-18-11-9-16(10-12-18)19-13-14-21(26)24(23-19)15-20(25)22-17-7-5-3-2-4-6-8-17/h9-14,17H,2-8,15H2,1H3,(H,22,25). The zero-order chi connectivity index (χ0) is 19.1. The van der Waals surface area contributed by atoms with Crippen LogP contribution in [0.25, 0.3) is 11.3 Å². The van der Waals surface area contributed by atoms with E-state index in [0.29, 0.717) is 5.69 Å². The van der Waals surface area contributed by atoms with Gasteiger partial charge < -0.3 is 5.32 Å². The van der Waals surface area contributed by atoms with Gasteiger partial charge in [0.05, 0.1) is 5.69 Å². The molecule has 0 bridgehead atoms. The summed E-state index contributed by atoms with van der Waals surface area (Å²) in [7, 11) is 0. The minimum Gasteiger partial charge on any atom is -0.352 e. The molecule has 27 heavy (non-hydrogen) atoms. The number of carbonyl (C=O) groups is 1. The number of rotatable bonds is 5. The van der Waals surface area contributed by atoms with Crippen molar-refractivity contribution in [3.63, 3.8) is 0 Å². The summed E-state index contributed by atoms with van der Waals surface area (Å²) in [5.74, 6) is -0.134. The van der Waals surface area contributed by atoms with Crippen LogP contribution in [0.4, 0.5) is 0 Å². The Balaban J connectivity index is 1.68. The molecule has 0 radical (unpaired) electrons. The van der Waals surface area contributed by atoms with Crippen LogP contribution in [-0.4, -0.2) is 28.0 Å². The van der Waals surface area contributed by atoms with E-state index in [9.17, 15) is 9.59 Å². The summed E-state index contributed by atoms with van der Waals surface area (Å²) >= 11 is 1.68. The molecule has 1 fully saturated rings. The summed E-state index contributed by atoms with van der Waals surface area (Å²) in [5, 5.41) is 7.50. The summed E-state index contributed by atoms with van der Waals surface area (Å²) in [6, 6.07) is 11.4. The van der Waals surface area contributed by atoms with Crippen LogP contribution < -0.4 is 10.9 Å². The summed E-state index contributed by atoms with van der Waals surface area (Å²) in [6.45, 7) is -0.0356. The minimum atomic E-state index is -0.257. The summed E-state index contributed by atoms with van der Waals surface area (Å²) in [6.07, 6.45) is 10.2. The molecule has 1 saturated carbocycles. The maximum atomic E-state index is 12.4. The first kappa shape index (κ1) is 19.7. The molecule has 6 heteroatoms. The quantitative estimate of drug-likeness (QED) is 0.794. The molecule has 1 N–H and O–H groups in total. The number of nitrogens with one attached hydrogen (secondary N) is 1. The largest absolute Gasteiger partial charge is 0.352 e. The van der Waals surface area contributed by atoms with Crippen molar-refractivity contribution < 1.29 is 4.79 Å². The van der Waals surface area contributed by atoms with Crippen LogP contribution in [0, 0.1) is 0 Å². The van der Waals surface area contributed by atoms with Gasteiger partial charge >= 0.3 is 0 Å². The Labute approximate surface area is 164 Å². The lowest BCUT2D eigenvalue weighted by molar-refractivity contribution is -0.122. The van der Waals surface area contributed by atoms with Crippen LogP contribution in [-0.2, 0) is 11.3 Å². The van der Waals surface area contributed by atoms with Crippen molar-refractivity contribution in [1.29, 1.82) is 0 Å². The Hall–Kier alpha value is -2.08. The highest BCUT2D eigenvalue weighted by Crippen LogP contribution is 2.21. The van der Waals surface area contributed by atoms with Gasteiger partial charge in [-0.25, -0.2) is 4.68 Å². The van der Waals surface area contributed by atoms with Gasteiger partial charge in [-0.1, -0.05) is 44.2 Å². The highest BCUT2D eigenvalue weighted by Gasteiger charge is 2.15. The molecule has 0 saturated heterocycles. The number of thioether (sulfide) groups is 1. The maximum Gasteiger partial charge on any atom is 0.267 e. The number of aromatic nitrogens is 2. The van der Waals surface area contributed by atoms with Crippen LogP contribution in [0.1, 0.15) is 44.9 Å². The average Bonchev–Trinajstić information content (AvgIpc) is 2.66. The third-order valence-corrected chi connectivity index (χ3v) is 5.76. The zero-order valence-corrected chi connectivity index (χ0v) is 16.6. The summed E-state index contributed by atoms with van der Waals surface area (Å²) < 4.78 is 1.26. The lowest BCUT2D eigenvalue weighted by atomic mass is 9.97. The van der Waals surface area contributed by atoms with Crippen molar-refractivity contribution in [1.82, 2.24) is 15.1 Å². The zero-order valence-electron chi connectivity index (χ0n) is 15.8. The highest BCUT2D eigenvalue weighted by molar-refractivity contribution is 7.98. The van der Waals surface area contributed by atoms with Crippen LogP contribution >= 0.6 is 11.8 Å². The molecule has 1 heterocycles. The molecule has 0 aliphatic heterocycles. The number of hydrogen-bond donors (Lipinski definition) is 1. The Morgan fingerprint density at radius 2 is 1.74 bits per heavy atom. The number of amides is 1. The van der Waals surface area contributed by atoms with E-state index >= 15 is 0 Å². The molecule has 0 spiro atoms. The lowest BCUT2D eigenvalue weighted by Gasteiger charge is -2.21. The van der Waals surface area contributed by atoms with E-state index in [1.165, 1.54) is 34.9 Å². The topological polar surface area (TPSA) is 64.0 Å². The highest BCUT2D eigenvalue weighted by atomic mass is 32.2. The minimum absolute atomic E-state index is 0.0356. The van der Waals surface area contributed by atoms with Gasteiger partial charge in [0.25, 0.3) is 5.56 Å². The van der Waals surface area contributed by atoms with E-state index in [1.807, 2.05) is 30.5 Å². The SMILES string of the molecule is CSc1ccc(-c2ccc(=O)n(CC(=O)NC3CCCCCCC3)n2)cc1. The number of carbonyl (C=O) groups excluding carboxylic acids is 1. The van der Waals surface area contributed by atoms with E-state index in [4.69, 9.17) is 0 Å². The van der Waals surface area contributed by atoms with E-state index < -0.39 is 0 Å². The van der Waals surface area contributed by atoms with Crippen LogP contribution in [0.3, 0.4) is 0 Å². The van der Waals surface area contributed by atoms with Crippen molar-refractivity contribution in [2.24, 2.45) is 0 Å². The predicted molar refractivity (Wildman–Crippen MR) is 110 cm³/mol. The second-order valence-corrected chi connectivity index (χ2v) is 7.93. The van der Waals surface area contributed by atoms with Gasteiger partial charge in [0.1, 0.15) is 6.54 Å². The average molecular weight is 386 g/mol. The fourth-order valence-corrected chi connectivity index (χ4v) is 3.90. The van der Waals surface area contributed by atoms with Crippen LogP contribution in [0.15, 0.2) is 46.1 Å². The van der Waals surface area contributed by atoms with E-state index in [-0.39, 0.29) is 24.1 Å². The summed E-state index contributed by atoms with van der Waals surface area (Å²) in [5.41, 5.74) is 1.37. The monoisotopic (exact) mass is 385 g/mol. The molecule has 1 amide bonds. The third kappa shape index (κ3) is 5.70. The molecule has 3 rings (SSSR count). The maximum absolute atomic E-state index is 12.4. The fourth-order valence-electron chi connectivity index (χ4n) is 3.49. The molecule has 1 aromatic carbocycles. The first-order valence-corrected chi connectivity index (χ1v) is 10.9. The predicted octanol–water partition coefficient (Wildman–Crippen LogP) is 3.86. The van der Waals surface area contributed by atoms with Crippen molar-refractivity contribution in [3.8, 4) is 11.3 Å². The Bertz CT molecular complexity index is 809. The van der Waals surface area contributed by atoms with Crippen molar-refractivity contribution >= 4 is 17.7 Å². The van der Waals surface area contributed by atoms with Crippen molar-refractivity contribution in [3.05, 3.63) is 46.8 Å². The number of hydrogen-bond acceptors (Lipinski definition) is 4. The van der Waals surface area contributed by atoms with Gasteiger partial charge in [0, 0.05) is 22.6 Å². The lowest BCUT2D eigenvalue weighted by Crippen LogP contribution is -2.39. The molecule has 0 unspecified atom stereocenters. The molecule has 2 aromatic rings. The molecular formula is C21H27N3O2S. The van der Waals surface area contributed by atoms with E-state index in [1.54, 1.807) is 17.8 Å². The second kappa shape index (κ2) is 9.74. The molecule has 0 atom stereocenters. The molecule has 1 aliphatic rings. The van der Waals surface area contributed by atoms with Crippen molar-refractivity contribution in [2.45, 2.75) is 62.4 Å². The van der Waals surface area contributed by atoms with Gasteiger partial charge in [0.2, 0.25) is 5.91 Å². The smallest absolute Gasteiger partial charge is 0.267 e.